The maximum absolute atomic E-state index is 13.9. The number of rotatable bonds is 5. The van der Waals surface area contributed by atoms with Crippen LogP contribution in [0.1, 0.15) is 50.5 Å². The number of hydrogen-bond donors (Lipinski definition) is 1. The van der Waals surface area contributed by atoms with Crippen molar-refractivity contribution in [1.82, 2.24) is 5.32 Å². The minimum Gasteiger partial charge on any atom is -0.310 e. The molecule has 0 amide bonds. The zero-order valence-electron chi connectivity index (χ0n) is 12.4. The van der Waals surface area contributed by atoms with Gasteiger partial charge in [-0.25, -0.2) is 8.78 Å². The van der Waals surface area contributed by atoms with E-state index in [1.165, 1.54) is 56.6 Å². The highest BCUT2D eigenvalue weighted by Crippen LogP contribution is 2.31. The maximum Gasteiger partial charge on any atom is 0.166 e. The molecule has 1 nitrogen and oxygen atoms in total. The molecule has 0 bridgehead atoms. The fourth-order valence-corrected chi connectivity index (χ4v) is 3.17. The van der Waals surface area contributed by atoms with Crippen LogP contribution in [0.2, 0.25) is 0 Å². The lowest BCUT2D eigenvalue weighted by Gasteiger charge is -2.25. The molecule has 2 aliphatic carbocycles. The van der Waals surface area contributed by atoms with Crippen LogP contribution >= 0.6 is 0 Å². The van der Waals surface area contributed by atoms with Gasteiger partial charge in [-0.1, -0.05) is 43.0 Å². The highest BCUT2D eigenvalue weighted by Gasteiger charge is 2.23. The van der Waals surface area contributed by atoms with Gasteiger partial charge in [0.25, 0.3) is 0 Å². The minimum atomic E-state index is -0.762. The quantitative estimate of drug-likeness (QED) is 0.830. The average molecular weight is 291 g/mol. The highest BCUT2D eigenvalue weighted by atomic mass is 19.2. The Bertz CT molecular complexity index is 514. The van der Waals surface area contributed by atoms with Crippen LogP contribution in [-0.2, 0) is 0 Å². The molecule has 21 heavy (non-hydrogen) atoms. The lowest BCUT2D eigenvalue weighted by molar-refractivity contribution is 0.396. The molecule has 2 aliphatic rings. The topological polar surface area (TPSA) is 12.0 Å². The van der Waals surface area contributed by atoms with E-state index in [-0.39, 0.29) is 0 Å². The second kappa shape index (κ2) is 6.69. The summed E-state index contributed by atoms with van der Waals surface area (Å²) in [4.78, 5) is 0. The molecule has 114 valence electrons. The predicted molar refractivity (Wildman–Crippen MR) is 81.9 cm³/mol. The van der Waals surface area contributed by atoms with Gasteiger partial charge in [0.2, 0.25) is 0 Å². The van der Waals surface area contributed by atoms with Crippen LogP contribution in [0.5, 0.6) is 0 Å². The second-order valence-corrected chi connectivity index (χ2v) is 6.35. The molecule has 0 saturated heterocycles. The van der Waals surface area contributed by atoms with E-state index in [0.717, 1.165) is 6.54 Å². The van der Waals surface area contributed by atoms with E-state index in [2.05, 4.69) is 5.32 Å². The molecule has 0 aromatic heterocycles. The van der Waals surface area contributed by atoms with Crippen molar-refractivity contribution in [3.05, 3.63) is 41.0 Å². The fourth-order valence-electron chi connectivity index (χ4n) is 3.17. The summed E-state index contributed by atoms with van der Waals surface area (Å²) in [6.07, 6.45) is 10.5. The molecule has 2 fully saturated rings. The molecular formula is C18H23F2N. The summed E-state index contributed by atoms with van der Waals surface area (Å²) >= 11 is 0. The number of nitrogens with one attached hydrogen (secondary N) is 1. The Labute approximate surface area is 125 Å². The molecule has 1 N–H and O–H groups in total. The Morgan fingerprint density at radius 2 is 1.86 bits per heavy atom. The van der Waals surface area contributed by atoms with Crippen molar-refractivity contribution < 1.29 is 8.78 Å². The Morgan fingerprint density at radius 1 is 1.10 bits per heavy atom. The maximum atomic E-state index is 13.9. The second-order valence-electron chi connectivity index (χ2n) is 6.35. The monoisotopic (exact) mass is 291 g/mol. The molecule has 2 saturated carbocycles. The summed E-state index contributed by atoms with van der Waals surface area (Å²) in [5, 5.41) is 3.52. The standard InChI is InChI=1S/C18H23F2N/c19-17-8-4-7-14(18(17)20)11-15(12-21-16-9-10-16)13-5-2-1-3-6-13/h4,7-8,11,13,16,21H,1-3,5-6,9-10,12H2/b15-11-. The summed E-state index contributed by atoms with van der Waals surface area (Å²) in [6, 6.07) is 5.06. The van der Waals surface area contributed by atoms with E-state index in [1.54, 1.807) is 12.1 Å². The van der Waals surface area contributed by atoms with Crippen LogP contribution < -0.4 is 5.32 Å². The molecule has 0 unspecified atom stereocenters. The van der Waals surface area contributed by atoms with Gasteiger partial charge in [-0.3, -0.25) is 0 Å². The van der Waals surface area contributed by atoms with Gasteiger partial charge in [-0.15, -0.1) is 0 Å². The summed E-state index contributed by atoms with van der Waals surface area (Å²) in [5.41, 5.74) is 1.62. The molecule has 3 rings (SSSR count). The van der Waals surface area contributed by atoms with Gasteiger partial charge in [0, 0.05) is 18.2 Å². The normalized spacial score (nSPS) is 20.8. The molecule has 0 heterocycles. The lowest BCUT2D eigenvalue weighted by atomic mass is 9.83. The Hall–Kier alpha value is -1.22. The first kappa shape index (κ1) is 14.7. The number of halogens is 2. The molecule has 0 radical (unpaired) electrons. The molecule has 0 spiro atoms. The van der Waals surface area contributed by atoms with Crippen molar-refractivity contribution >= 4 is 6.08 Å². The summed E-state index contributed by atoms with van der Waals surface area (Å²) in [7, 11) is 0. The van der Waals surface area contributed by atoms with Crippen molar-refractivity contribution in [2.75, 3.05) is 6.54 Å². The van der Waals surface area contributed by atoms with E-state index in [0.29, 0.717) is 17.5 Å². The fraction of sp³-hybridized carbons (Fsp3) is 0.556. The van der Waals surface area contributed by atoms with E-state index >= 15 is 0 Å². The Balaban J connectivity index is 1.81. The van der Waals surface area contributed by atoms with Crippen LogP contribution in [0.3, 0.4) is 0 Å². The first-order valence-electron chi connectivity index (χ1n) is 8.12. The van der Waals surface area contributed by atoms with E-state index in [9.17, 15) is 8.78 Å². The summed E-state index contributed by atoms with van der Waals surface area (Å²) < 4.78 is 27.3. The number of benzene rings is 1. The van der Waals surface area contributed by atoms with Gasteiger partial charge in [0.15, 0.2) is 11.6 Å². The smallest absolute Gasteiger partial charge is 0.166 e. The van der Waals surface area contributed by atoms with Crippen molar-refractivity contribution in [2.24, 2.45) is 5.92 Å². The first-order valence-corrected chi connectivity index (χ1v) is 8.12. The molecule has 0 aliphatic heterocycles. The largest absolute Gasteiger partial charge is 0.310 e. The zero-order valence-corrected chi connectivity index (χ0v) is 12.4. The average Bonchev–Trinajstić information content (AvgIpc) is 3.33. The highest BCUT2D eigenvalue weighted by molar-refractivity contribution is 5.54. The van der Waals surface area contributed by atoms with Crippen molar-refractivity contribution in [3.63, 3.8) is 0 Å². The third-order valence-electron chi connectivity index (χ3n) is 4.62. The van der Waals surface area contributed by atoms with Gasteiger partial charge in [-0.2, -0.15) is 0 Å². The Kier molecular flexibility index (Phi) is 4.69. The molecule has 1 aromatic carbocycles. The number of hydrogen-bond acceptors (Lipinski definition) is 1. The van der Waals surface area contributed by atoms with E-state index < -0.39 is 11.6 Å². The van der Waals surface area contributed by atoms with Crippen LogP contribution in [0, 0.1) is 17.6 Å². The van der Waals surface area contributed by atoms with Crippen LogP contribution in [0.15, 0.2) is 23.8 Å². The van der Waals surface area contributed by atoms with Crippen LogP contribution in [0.4, 0.5) is 8.78 Å². The van der Waals surface area contributed by atoms with Gasteiger partial charge >= 0.3 is 0 Å². The molecule has 0 atom stereocenters. The van der Waals surface area contributed by atoms with Crippen LogP contribution in [0.25, 0.3) is 6.08 Å². The molecule has 1 aromatic rings. The van der Waals surface area contributed by atoms with E-state index in [4.69, 9.17) is 0 Å². The first-order chi connectivity index (χ1) is 10.2. The minimum absolute atomic E-state index is 0.383. The van der Waals surface area contributed by atoms with Crippen molar-refractivity contribution in [3.8, 4) is 0 Å². The third-order valence-corrected chi connectivity index (χ3v) is 4.62. The SMILES string of the molecule is Fc1cccc(/C=C(/CNC2CC2)C2CCCCC2)c1F. The third kappa shape index (κ3) is 3.91. The van der Waals surface area contributed by atoms with E-state index in [1.807, 2.05) is 6.08 Å². The summed E-state index contributed by atoms with van der Waals surface area (Å²) in [6.45, 7) is 0.811. The van der Waals surface area contributed by atoms with Gasteiger partial charge in [0.05, 0.1) is 0 Å². The van der Waals surface area contributed by atoms with Crippen molar-refractivity contribution in [2.45, 2.75) is 51.0 Å². The van der Waals surface area contributed by atoms with Gasteiger partial charge in [-0.05, 0) is 37.7 Å². The predicted octanol–water partition coefficient (Wildman–Crippen LogP) is 4.68. The molecular weight excluding hydrogens is 268 g/mol. The zero-order chi connectivity index (χ0) is 14.7. The molecule has 3 heteroatoms. The van der Waals surface area contributed by atoms with Gasteiger partial charge in [0.1, 0.15) is 0 Å². The summed E-state index contributed by atoms with van der Waals surface area (Å²) in [5.74, 6) is -0.966. The van der Waals surface area contributed by atoms with Crippen molar-refractivity contribution in [1.29, 1.82) is 0 Å². The van der Waals surface area contributed by atoms with Gasteiger partial charge < -0.3 is 5.32 Å². The van der Waals surface area contributed by atoms with Crippen LogP contribution in [-0.4, -0.2) is 12.6 Å². The lowest BCUT2D eigenvalue weighted by Crippen LogP contribution is -2.24. The Morgan fingerprint density at radius 3 is 2.57 bits per heavy atom.